The van der Waals surface area contributed by atoms with Crippen LogP contribution in [0.3, 0.4) is 0 Å². The highest BCUT2D eigenvalue weighted by atomic mass is 16.6. The van der Waals surface area contributed by atoms with Gasteiger partial charge in [-0.3, -0.25) is 9.36 Å². The number of aliphatic hydroxyl groups excluding tert-OH is 3. The Morgan fingerprint density at radius 2 is 2.03 bits per heavy atom. The largest absolute Gasteiger partial charge is 0.393 e. The van der Waals surface area contributed by atoms with E-state index in [4.69, 9.17) is 9.47 Å². The first-order valence-corrected chi connectivity index (χ1v) is 9.18. The Balaban J connectivity index is 1.66. The first-order valence-electron chi connectivity index (χ1n) is 9.18. The molecule has 4 N–H and O–H groups in total. The van der Waals surface area contributed by atoms with Crippen LogP contribution in [0.25, 0.3) is 11.2 Å². The number of amides is 1. The van der Waals surface area contributed by atoms with Crippen molar-refractivity contribution in [2.24, 2.45) is 0 Å². The molecule has 2 aromatic heterocycles. The molecule has 1 aliphatic heterocycles. The molecular weight excluding hydrogens is 394 g/mol. The molecule has 158 valence electrons. The summed E-state index contributed by atoms with van der Waals surface area (Å²) in [6.45, 7) is -0.687. The number of rotatable bonds is 6. The Morgan fingerprint density at radius 1 is 1.27 bits per heavy atom. The Labute approximate surface area is 170 Å². The number of imidazole rings is 1. The summed E-state index contributed by atoms with van der Waals surface area (Å²) in [7, 11) is 1.40. The predicted molar refractivity (Wildman–Crippen MR) is 104 cm³/mol. The van der Waals surface area contributed by atoms with Crippen LogP contribution < -0.4 is 5.32 Å². The summed E-state index contributed by atoms with van der Waals surface area (Å²) < 4.78 is 12.3. The lowest BCUT2D eigenvalue weighted by molar-refractivity contribution is -0.154. The van der Waals surface area contributed by atoms with Crippen LogP contribution in [0.5, 0.6) is 0 Å². The summed E-state index contributed by atoms with van der Waals surface area (Å²) in [6.07, 6.45) is -1.25. The fourth-order valence-electron chi connectivity index (χ4n) is 3.51. The lowest BCUT2D eigenvalue weighted by Crippen LogP contribution is -2.49. The van der Waals surface area contributed by atoms with Crippen molar-refractivity contribution < 1.29 is 29.6 Å². The molecule has 4 atom stereocenters. The summed E-state index contributed by atoms with van der Waals surface area (Å²) in [5.41, 5.74) is -0.489. The minimum atomic E-state index is -1.49. The Morgan fingerprint density at radius 3 is 2.73 bits per heavy atom. The predicted octanol–water partition coefficient (Wildman–Crippen LogP) is -0.293. The molecule has 3 heterocycles. The third-order valence-electron chi connectivity index (χ3n) is 5.07. The van der Waals surface area contributed by atoms with Gasteiger partial charge in [-0.15, -0.1) is 0 Å². The summed E-state index contributed by atoms with van der Waals surface area (Å²) >= 11 is 0. The molecule has 0 saturated carbocycles. The molecular formula is C19H21N5O6. The maximum Gasteiger partial charge on any atom is 0.256 e. The van der Waals surface area contributed by atoms with Gasteiger partial charge in [0, 0.05) is 12.7 Å². The van der Waals surface area contributed by atoms with Crippen LogP contribution in [0.15, 0.2) is 43.0 Å². The molecule has 1 amide bonds. The fourth-order valence-corrected chi connectivity index (χ4v) is 3.51. The number of ether oxygens (including phenoxy) is 2. The molecule has 3 aromatic rings. The van der Waals surface area contributed by atoms with Gasteiger partial charge in [0.1, 0.15) is 24.1 Å². The van der Waals surface area contributed by atoms with E-state index in [0.29, 0.717) is 5.56 Å². The number of fused-ring (bicyclic) bond motifs is 1. The number of carbonyl (C=O) groups is 1. The number of aliphatic hydroxyl groups is 3. The van der Waals surface area contributed by atoms with Gasteiger partial charge in [-0.25, -0.2) is 15.0 Å². The Kier molecular flexibility index (Phi) is 5.45. The van der Waals surface area contributed by atoms with Gasteiger partial charge in [-0.1, -0.05) is 18.2 Å². The van der Waals surface area contributed by atoms with Crippen molar-refractivity contribution >= 4 is 22.9 Å². The van der Waals surface area contributed by atoms with Crippen LogP contribution in [0.1, 0.15) is 16.6 Å². The van der Waals surface area contributed by atoms with Crippen LogP contribution in [0.2, 0.25) is 0 Å². The van der Waals surface area contributed by atoms with Crippen molar-refractivity contribution in [1.82, 2.24) is 19.5 Å². The molecule has 0 spiro atoms. The van der Waals surface area contributed by atoms with Gasteiger partial charge in [-0.2, -0.15) is 0 Å². The molecule has 1 fully saturated rings. The second-order valence-corrected chi connectivity index (χ2v) is 6.97. The minimum Gasteiger partial charge on any atom is -0.393 e. The quantitative estimate of drug-likeness (QED) is 0.425. The van der Waals surface area contributed by atoms with E-state index in [2.05, 4.69) is 20.3 Å². The van der Waals surface area contributed by atoms with Gasteiger partial charge >= 0.3 is 0 Å². The second kappa shape index (κ2) is 8.05. The smallest absolute Gasteiger partial charge is 0.256 e. The zero-order chi connectivity index (χ0) is 21.3. The van der Waals surface area contributed by atoms with Gasteiger partial charge in [0.2, 0.25) is 0 Å². The molecule has 4 rings (SSSR count). The minimum absolute atomic E-state index is 0.127. The number of hydrogen-bond donors (Lipinski definition) is 4. The number of carbonyl (C=O) groups excluding carboxylic acids is 1. The third kappa shape index (κ3) is 3.32. The van der Waals surface area contributed by atoms with Crippen molar-refractivity contribution in [3.63, 3.8) is 0 Å². The maximum absolute atomic E-state index is 12.5. The number of nitrogens with zero attached hydrogens (tertiary/aromatic N) is 4. The van der Waals surface area contributed by atoms with Crippen LogP contribution >= 0.6 is 0 Å². The lowest BCUT2D eigenvalue weighted by Gasteiger charge is -2.28. The first kappa shape index (κ1) is 20.3. The van der Waals surface area contributed by atoms with Crippen LogP contribution in [-0.2, 0) is 9.47 Å². The van der Waals surface area contributed by atoms with E-state index in [0.717, 1.165) is 0 Å². The van der Waals surface area contributed by atoms with Gasteiger partial charge in [-0.05, 0) is 12.1 Å². The van der Waals surface area contributed by atoms with Crippen LogP contribution in [-0.4, -0.2) is 78.9 Å². The summed E-state index contributed by atoms with van der Waals surface area (Å²) in [4.78, 5) is 25.0. The fraction of sp³-hybridized carbons (Fsp3) is 0.368. The average Bonchev–Trinajstić information content (AvgIpc) is 3.30. The zero-order valence-electron chi connectivity index (χ0n) is 16.0. The highest BCUT2D eigenvalue weighted by molar-refractivity contribution is 6.06. The molecule has 0 aliphatic carbocycles. The van der Waals surface area contributed by atoms with Gasteiger partial charge in [0.25, 0.3) is 5.91 Å². The highest BCUT2D eigenvalue weighted by Gasteiger charge is 2.55. The number of hydrogen-bond acceptors (Lipinski definition) is 9. The van der Waals surface area contributed by atoms with E-state index < -0.39 is 30.6 Å². The van der Waals surface area contributed by atoms with E-state index in [9.17, 15) is 20.1 Å². The lowest BCUT2D eigenvalue weighted by atomic mass is 9.97. The van der Waals surface area contributed by atoms with Crippen molar-refractivity contribution in [1.29, 1.82) is 0 Å². The molecule has 1 saturated heterocycles. The molecule has 0 bridgehead atoms. The molecule has 11 nitrogen and oxygen atoms in total. The Bertz CT molecular complexity index is 1040. The molecule has 11 heteroatoms. The Hall–Kier alpha value is -2.96. The van der Waals surface area contributed by atoms with Crippen LogP contribution in [0, 0.1) is 0 Å². The first-order chi connectivity index (χ1) is 14.5. The van der Waals surface area contributed by atoms with Crippen molar-refractivity contribution in [2.75, 3.05) is 25.6 Å². The highest BCUT2D eigenvalue weighted by Crippen LogP contribution is 2.38. The van der Waals surface area contributed by atoms with Gasteiger partial charge in [0.15, 0.2) is 23.2 Å². The van der Waals surface area contributed by atoms with E-state index >= 15 is 0 Å². The summed E-state index contributed by atoms with van der Waals surface area (Å²) in [6, 6.07) is 8.63. The second-order valence-electron chi connectivity index (χ2n) is 6.97. The number of aromatic nitrogens is 4. The standard InChI is InChI=1S/C19H21N5O6/c1-29-8-19(7-25)14(27)13(26)18(30-19)24-10-22-12-15(20-9-21-16(12)24)23-17(28)11-5-3-2-4-6-11/h2-6,9-10,13-14,18,25-27H,7-8H2,1H3,(H,20,21,23,28)/t13-,14?,18+,19-/m0/s1. The molecule has 30 heavy (non-hydrogen) atoms. The van der Waals surface area contributed by atoms with E-state index in [1.807, 2.05) is 0 Å². The van der Waals surface area contributed by atoms with Crippen molar-refractivity contribution in [3.8, 4) is 0 Å². The molecule has 1 unspecified atom stereocenters. The van der Waals surface area contributed by atoms with Crippen molar-refractivity contribution in [3.05, 3.63) is 48.5 Å². The summed E-state index contributed by atoms with van der Waals surface area (Å²) in [5.74, 6) is -0.178. The average molecular weight is 415 g/mol. The number of nitrogens with one attached hydrogen (secondary N) is 1. The van der Waals surface area contributed by atoms with Gasteiger partial charge in [0.05, 0.1) is 19.5 Å². The van der Waals surface area contributed by atoms with Crippen molar-refractivity contribution in [2.45, 2.75) is 24.0 Å². The van der Waals surface area contributed by atoms with E-state index in [1.54, 1.807) is 30.3 Å². The van der Waals surface area contributed by atoms with Crippen LogP contribution in [0.4, 0.5) is 5.82 Å². The number of methoxy groups -OCH3 is 1. The molecule has 1 aromatic carbocycles. The maximum atomic E-state index is 12.5. The number of benzene rings is 1. The van der Waals surface area contributed by atoms with Gasteiger partial charge < -0.3 is 30.1 Å². The normalized spacial score (nSPS) is 26.2. The monoisotopic (exact) mass is 415 g/mol. The number of anilines is 1. The van der Waals surface area contributed by atoms with E-state index in [-0.39, 0.29) is 29.5 Å². The zero-order valence-corrected chi connectivity index (χ0v) is 16.0. The third-order valence-corrected chi connectivity index (χ3v) is 5.07. The SMILES string of the molecule is COC[C@]1(CO)O[C@@H](n2cnc3c(NC(=O)c4ccccc4)ncnc32)[C@@H](O)C1O. The molecule has 0 radical (unpaired) electrons. The molecule has 1 aliphatic rings. The topological polar surface area (TPSA) is 152 Å². The van der Waals surface area contributed by atoms with E-state index in [1.165, 1.54) is 24.3 Å². The summed E-state index contributed by atoms with van der Waals surface area (Å²) in [5, 5.41) is 33.4.